The molecule has 1 aromatic rings. The molecule has 0 spiro atoms. The number of carbonyl (C=O) groups is 3. The fraction of sp³-hybridized carbons (Fsp3) is 0.267. The maximum Gasteiger partial charge on any atom is 0.352 e. The Morgan fingerprint density at radius 2 is 2.36 bits per heavy atom. The van der Waals surface area contributed by atoms with E-state index in [9.17, 15) is 19.5 Å². The fourth-order valence-corrected chi connectivity index (χ4v) is 4.66. The predicted molar refractivity (Wildman–Crippen MR) is 104 cm³/mol. The van der Waals surface area contributed by atoms with E-state index in [2.05, 4.69) is 21.4 Å². The first-order valence-electron chi connectivity index (χ1n) is 7.59. The number of aliphatic carboxylic acids is 1. The van der Waals surface area contributed by atoms with E-state index >= 15 is 0 Å². The van der Waals surface area contributed by atoms with Gasteiger partial charge in [0, 0.05) is 5.75 Å². The van der Waals surface area contributed by atoms with E-state index in [1.165, 1.54) is 17.8 Å². The van der Waals surface area contributed by atoms with E-state index in [0.717, 1.165) is 16.2 Å². The van der Waals surface area contributed by atoms with Gasteiger partial charge < -0.3 is 21.0 Å². The molecule has 13 heteroatoms. The zero-order chi connectivity index (χ0) is 20.4. The van der Waals surface area contributed by atoms with E-state index in [1.807, 2.05) is 0 Å². The van der Waals surface area contributed by atoms with Crippen molar-refractivity contribution in [3.05, 3.63) is 21.8 Å². The number of anilines is 1. The summed E-state index contributed by atoms with van der Waals surface area (Å²) in [4.78, 5) is 46.3. The molecule has 1 aromatic heterocycles. The Kier molecular flexibility index (Phi) is 5.78. The van der Waals surface area contributed by atoms with Crippen molar-refractivity contribution in [2.45, 2.75) is 11.4 Å². The Bertz CT molecular complexity index is 953. The highest BCUT2D eigenvalue weighted by atomic mass is 35.5. The van der Waals surface area contributed by atoms with Crippen molar-refractivity contribution in [2.24, 2.45) is 5.16 Å². The summed E-state index contributed by atoms with van der Waals surface area (Å²) in [7, 11) is 0. The maximum atomic E-state index is 12.7. The number of carbonyl (C=O) groups excluding carboxylic acids is 2. The van der Waals surface area contributed by atoms with Gasteiger partial charge in [-0.15, -0.1) is 18.2 Å². The lowest BCUT2D eigenvalue weighted by Crippen LogP contribution is -2.70. The summed E-state index contributed by atoms with van der Waals surface area (Å²) in [5.41, 5.74) is 5.18. The molecule has 2 amide bonds. The van der Waals surface area contributed by atoms with E-state index in [0.29, 0.717) is 5.75 Å². The second kappa shape index (κ2) is 8.09. The van der Waals surface area contributed by atoms with Gasteiger partial charge in [-0.3, -0.25) is 14.5 Å². The molecule has 0 radical (unpaired) electrons. The minimum absolute atomic E-state index is 0.00950. The third-order valence-corrected chi connectivity index (χ3v) is 5.96. The van der Waals surface area contributed by atoms with E-state index in [1.54, 1.807) is 0 Å². The first kappa shape index (κ1) is 20.0. The van der Waals surface area contributed by atoms with Gasteiger partial charge >= 0.3 is 5.97 Å². The number of amides is 2. The van der Waals surface area contributed by atoms with Gasteiger partial charge in [0.15, 0.2) is 17.5 Å². The number of nitrogens with one attached hydrogen (secondary N) is 1. The number of terminal acetylenes is 1. The summed E-state index contributed by atoms with van der Waals surface area (Å²) >= 11 is 8.30. The van der Waals surface area contributed by atoms with Gasteiger partial charge in [-0.2, -0.15) is 0 Å². The number of nitrogens with zero attached hydrogens (tertiary/aromatic N) is 3. The highest BCUT2D eigenvalue weighted by Gasteiger charge is 2.53. The molecule has 28 heavy (non-hydrogen) atoms. The van der Waals surface area contributed by atoms with Crippen LogP contribution in [0.25, 0.3) is 0 Å². The third kappa shape index (κ3) is 3.64. The van der Waals surface area contributed by atoms with Gasteiger partial charge in [0.25, 0.3) is 11.8 Å². The molecule has 0 bridgehead atoms. The monoisotopic (exact) mass is 441 g/mol. The predicted octanol–water partition coefficient (Wildman–Crippen LogP) is 0.101. The first-order chi connectivity index (χ1) is 13.3. The SMILES string of the molecule is C#CCON=C(C(=O)NC1C(=O)N2C(C(=O)O)=CCS[C@H]12)c1nc(N)sc1Cl. The van der Waals surface area contributed by atoms with Crippen LogP contribution in [0.1, 0.15) is 5.69 Å². The molecule has 2 atom stereocenters. The standard InChI is InChI=1S/C15H12ClN5O5S2/c1-2-4-26-20-8(7-10(16)28-15(17)19-7)11(22)18-9-12(23)21-6(14(24)25)3-5-27-13(9)21/h1,3,9,13H,4-5H2,(H2,17,19)(H,18,22)(H,24,25)/t9?,13-/m1/s1. The normalized spacial score (nSPS) is 21.1. The molecule has 146 valence electrons. The van der Waals surface area contributed by atoms with Crippen LogP contribution in [0.5, 0.6) is 0 Å². The number of hydrogen-bond acceptors (Lipinski definition) is 9. The van der Waals surface area contributed by atoms with Crippen molar-refractivity contribution < 1.29 is 24.3 Å². The number of thioether (sulfide) groups is 1. The number of nitrogens with two attached hydrogens (primary N) is 1. The Balaban J connectivity index is 1.80. The molecule has 0 aromatic carbocycles. The topological polar surface area (TPSA) is 147 Å². The summed E-state index contributed by atoms with van der Waals surface area (Å²) in [6, 6.07) is -0.937. The second-order valence-corrected chi connectivity index (χ2v) is 8.15. The summed E-state index contributed by atoms with van der Waals surface area (Å²) in [5, 5.41) is 14.9. The van der Waals surface area contributed by atoms with Crippen LogP contribution in [0.2, 0.25) is 4.34 Å². The minimum atomic E-state index is -1.21. The van der Waals surface area contributed by atoms with E-state index in [-0.39, 0.29) is 33.2 Å². The molecule has 3 heterocycles. The van der Waals surface area contributed by atoms with E-state index < -0.39 is 29.2 Å². The van der Waals surface area contributed by atoms with Crippen LogP contribution in [-0.4, -0.2) is 62.3 Å². The summed E-state index contributed by atoms with van der Waals surface area (Å²) in [5.74, 6) is 0.0433. The quantitative estimate of drug-likeness (QED) is 0.185. The highest BCUT2D eigenvalue weighted by Crippen LogP contribution is 2.37. The van der Waals surface area contributed by atoms with Crippen molar-refractivity contribution in [1.82, 2.24) is 15.2 Å². The number of halogens is 1. The smallest absolute Gasteiger partial charge is 0.352 e. The number of carboxylic acids is 1. The van der Waals surface area contributed by atoms with Gasteiger partial charge in [-0.1, -0.05) is 34.0 Å². The lowest BCUT2D eigenvalue weighted by Gasteiger charge is -2.48. The average Bonchev–Trinajstić information content (AvgIpc) is 2.99. The lowest BCUT2D eigenvalue weighted by molar-refractivity contribution is -0.150. The second-order valence-electron chi connectivity index (χ2n) is 5.37. The number of β-lactam (4-membered cyclic amide) rings is 1. The Morgan fingerprint density at radius 3 is 2.96 bits per heavy atom. The van der Waals surface area contributed by atoms with Gasteiger partial charge in [0.1, 0.15) is 27.1 Å². The number of rotatable bonds is 6. The summed E-state index contributed by atoms with van der Waals surface area (Å²) < 4.78 is 0.111. The van der Waals surface area contributed by atoms with Gasteiger partial charge in [0.05, 0.1) is 0 Å². The number of fused-ring (bicyclic) bond motifs is 1. The number of hydrogen-bond donors (Lipinski definition) is 3. The molecule has 2 aliphatic heterocycles. The van der Waals surface area contributed by atoms with Crippen LogP contribution in [0.15, 0.2) is 16.9 Å². The molecule has 3 rings (SSSR count). The summed E-state index contributed by atoms with van der Waals surface area (Å²) in [6.45, 7) is -0.199. The number of aromatic nitrogens is 1. The van der Waals surface area contributed by atoms with Crippen molar-refractivity contribution in [1.29, 1.82) is 0 Å². The maximum absolute atomic E-state index is 12.7. The van der Waals surface area contributed by atoms with Crippen molar-refractivity contribution in [3.63, 3.8) is 0 Å². The summed E-state index contributed by atoms with van der Waals surface area (Å²) in [6.07, 6.45) is 6.54. The van der Waals surface area contributed by atoms with Crippen molar-refractivity contribution in [3.8, 4) is 12.3 Å². The molecule has 1 saturated heterocycles. The van der Waals surface area contributed by atoms with Gasteiger partial charge in [-0.25, -0.2) is 9.78 Å². The molecule has 0 saturated carbocycles. The Morgan fingerprint density at radius 1 is 1.61 bits per heavy atom. The van der Waals surface area contributed by atoms with Crippen LogP contribution in [0.3, 0.4) is 0 Å². The first-order valence-corrected chi connectivity index (χ1v) is 9.84. The number of thiazole rings is 1. The van der Waals surface area contributed by atoms with E-state index in [4.69, 9.17) is 28.6 Å². The molecule has 2 aliphatic rings. The molecule has 4 N–H and O–H groups in total. The Labute approximate surface area is 171 Å². The van der Waals surface area contributed by atoms with Crippen LogP contribution in [-0.2, 0) is 19.2 Å². The van der Waals surface area contributed by atoms with Crippen LogP contribution in [0.4, 0.5) is 5.13 Å². The zero-order valence-electron chi connectivity index (χ0n) is 13.9. The van der Waals surface area contributed by atoms with Crippen molar-refractivity contribution in [2.75, 3.05) is 18.1 Å². The molecular weight excluding hydrogens is 430 g/mol. The highest BCUT2D eigenvalue weighted by molar-refractivity contribution is 8.00. The van der Waals surface area contributed by atoms with Gasteiger partial charge in [0.2, 0.25) is 0 Å². The number of nitrogen functional groups attached to an aromatic ring is 1. The average molecular weight is 442 g/mol. The van der Waals surface area contributed by atoms with Gasteiger partial charge in [-0.05, 0) is 6.08 Å². The Hall–Kier alpha value is -2.75. The lowest BCUT2D eigenvalue weighted by atomic mass is 10.0. The zero-order valence-corrected chi connectivity index (χ0v) is 16.3. The molecular formula is C15H12ClN5O5S2. The molecule has 0 aliphatic carbocycles. The fourth-order valence-electron chi connectivity index (χ4n) is 2.54. The molecule has 1 fully saturated rings. The van der Waals surface area contributed by atoms with Crippen LogP contribution < -0.4 is 11.1 Å². The minimum Gasteiger partial charge on any atom is -0.477 e. The third-order valence-electron chi connectivity index (χ3n) is 3.70. The van der Waals surface area contributed by atoms with Crippen LogP contribution in [0, 0.1) is 12.3 Å². The van der Waals surface area contributed by atoms with Crippen LogP contribution >= 0.6 is 34.7 Å². The largest absolute Gasteiger partial charge is 0.477 e. The van der Waals surface area contributed by atoms with Crippen molar-refractivity contribution >= 4 is 63.3 Å². The number of carboxylic acid groups (broad SMARTS) is 1. The molecule has 10 nitrogen and oxygen atoms in total. The molecule has 1 unspecified atom stereocenters. The number of oxime groups is 1.